The molecular formula is C18H16ClN3O3. The zero-order valence-electron chi connectivity index (χ0n) is 13.4. The molecule has 1 atom stereocenters. The molecule has 1 aromatic heterocycles. The zero-order chi connectivity index (χ0) is 17.8. The Morgan fingerprint density at radius 2 is 2.04 bits per heavy atom. The second-order valence-electron chi connectivity index (χ2n) is 5.53. The lowest BCUT2D eigenvalue weighted by molar-refractivity contribution is 0.189. The first-order valence-electron chi connectivity index (χ1n) is 7.66. The van der Waals surface area contributed by atoms with E-state index < -0.39 is 12.1 Å². The summed E-state index contributed by atoms with van der Waals surface area (Å²) in [5.41, 5.74) is 2.58. The predicted octanol–water partition coefficient (Wildman–Crippen LogP) is 4.25. The number of nitrogens with one attached hydrogen (secondary N) is 1. The number of hydrogen-bond donors (Lipinski definition) is 2. The van der Waals surface area contributed by atoms with Crippen molar-refractivity contribution in [2.24, 2.45) is 0 Å². The Balaban J connectivity index is 1.94. The number of halogens is 1. The fourth-order valence-electron chi connectivity index (χ4n) is 2.61. The maximum Gasteiger partial charge on any atom is 0.405 e. The molecule has 0 saturated heterocycles. The van der Waals surface area contributed by atoms with Crippen molar-refractivity contribution in [3.63, 3.8) is 0 Å². The SMILES string of the molecule is Cc1nnc(CC(NC(=O)O)c2cccc(-c3ccccc3Cl)c2)o1. The van der Waals surface area contributed by atoms with Crippen molar-refractivity contribution in [3.05, 3.63) is 70.9 Å². The van der Waals surface area contributed by atoms with Crippen LogP contribution in [0.3, 0.4) is 0 Å². The lowest BCUT2D eigenvalue weighted by Gasteiger charge is -2.17. The fraction of sp³-hybridized carbons (Fsp3) is 0.167. The maximum absolute atomic E-state index is 11.2. The van der Waals surface area contributed by atoms with Crippen LogP contribution in [0.4, 0.5) is 4.79 Å². The summed E-state index contributed by atoms with van der Waals surface area (Å²) in [7, 11) is 0. The molecule has 0 radical (unpaired) electrons. The van der Waals surface area contributed by atoms with Crippen LogP contribution in [0.2, 0.25) is 5.02 Å². The first kappa shape index (κ1) is 17.0. The second-order valence-corrected chi connectivity index (χ2v) is 5.93. The molecule has 0 aliphatic heterocycles. The van der Waals surface area contributed by atoms with Gasteiger partial charge < -0.3 is 14.8 Å². The lowest BCUT2D eigenvalue weighted by Crippen LogP contribution is -2.28. The third kappa shape index (κ3) is 4.16. The van der Waals surface area contributed by atoms with Gasteiger partial charge in [0, 0.05) is 17.5 Å². The third-order valence-electron chi connectivity index (χ3n) is 3.72. The molecular weight excluding hydrogens is 342 g/mol. The van der Waals surface area contributed by atoms with Gasteiger partial charge in [-0.3, -0.25) is 0 Å². The van der Waals surface area contributed by atoms with E-state index in [4.69, 9.17) is 21.1 Å². The van der Waals surface area contributed by atoms with Crippen molar-refractivity contribution in [1.29, 1.82) is 0 Å². The molecule has 2 N–H and O–H groups in total. The molecule has 0 fully saturated rings. The van der Waals surface area contributed by atoms with Crippen LogP contribution in [0.15, 0.2) is 52.9 Å². The highest BCUT2D eigenvalue weighted by molar-refractivity contribution is 6.33. The minimum atomic E-state index is -1.12. The topological polar surface area (TPSA) is 88.2 Å². The summed E-state index contributed by atoms with van der Waals surface area (Å²) in [4.78, 5) is 11.2. The zero-order valence-corrected chi connectivity index (χ0v) is 14.2. The monoisotopic (exact) mass is 357 g/mol. The van der Waals surface area contributed by atoms with E-state index >= 15 is 0 Å². The summed E-state index contributed by atoms with van der Waals surface area (Å²) < 4.78 is 5.37. The first-order valence-corrected chi connectivity index (χ1v) is 8.04. The first-order chi connectivity index (χ1) is 12.0. The van der Waals surface area contributed by atoms with E-state index in [-0.39, 0.29) is 6.42 Å². The van der Waals surface area contributed by atoms with E-state index in [1.807, 2.05) is 48.5 Å². The average molecular weight is 358 g/mol. The average Bonchev–Trinajstić information content (AvgIpc) is 2.99. The number of carboxylic acid groups (broad SMARTS) is 1. The van der Waals surface area contributed by atoms with Gasteiger partial charge in [0.25, 0.3) is 0 Å². The number of carbonyl (C=O) groups is 1. The molecule has 0 aliphatic rings. The molecule has 0 aliphatic carbocycles. The Morgan fingerprint density at radius 1 is 1.24 bits per heavy atom. The quantitative estimate of drug-likeness (QED) is 0.712. The van der Waals surface area contributed by atoms with E-state index in [0.717, 1.165) is 16.7 Å². The number of rotatable bonds is 5. The van der Waals surface area contributed by atoms with Crippen LogP contribution in [0.1, 0.15) is 23.4 Å². The van der Waals surface area contributed by atoms with Crippen LogP contribution in [0, 0.1) is 6.92 Å². The molecule has 128 valence electrons. The summed E-state index contributed by atoms with van der Waals surface area (Å²) in [5, 5.41) is 20.0. The van der Waals surface area contributed by atoms with Gasteiger partial charge in [0.2, 0.25) is 11.8 Å². The third-order valence-corrected chi connectivity index (χ3v) is 4.05. The van der Waals surface area contributed by atoms with Crippen LogP contribution in [0.25, 0.3) is 11.1 Å². The molecule has 2 aromatic carbocycles. The van der Waals surface area contributed by atoms with Crippen molar-refractivity contribution < 1.29 is 14.3 Å². The van der Waals surface area contributed by atoms with Gasteiger partial charge in [-0.2, -0.15) is 0 Å². The molecule has 0 spiro atoms. The molecule has 6 nitrogen and oxygen atoms in total. The number of amides is 1. The summed E-state index contributed by atoms with van der Waals surface area (Å²) >= 11 is 6.26. The number of hydrogen-bond acceptors (Lipinski definition) is 4. The Kier molecular flexibility index (Phi) is 5.00. The number of aryl methyl sites for hydroxylation is 1. The number of nitrogens with zero attached hydrogens (tertiary/aromatic N) is 2. The summed E-state index contributed by atoms with van der Waals surface area (Å²) in [6.45, 7) is 1.69. The highest BCUT2D eigenvalue weighted by Gasteiger charge is 2.19. The van der Waals surface area contributed by atoms with Gasteiger partial charge in [-0.15, -0.1) is 10.2 Å². The maximum atomic E-state index is 11.2. The van der Waals surface area contributed by atoms with Gasteiger partial charge in [0.15, 0.2) is 0 Å². The Hall–Kier alpha value is -2.86. The fourth-order valence-corrected chi connectivity index (χ4v) is 2.86. The van der Waals surface area contributed by atoms with Gasteiger partial charge >= 0.3 is 6.09 Å². The van der Waals surface area contributed by atoms with Gasteiger partial charge in [0.05, 0.1) is 12.5 Å². The van der Waals surface area contributed by atoms with Crippen LogP contribution in [-0.2, 0) is 6.42 Å². The van der Waals surface area contributed by atoms with E-state index in [0.29, 0.717) is 16.8 Å². The van der Waals surface area contributed by atoms with Gasteiger partial charge in [-0.25, -0.2) is 4.79 Å². The molecule has 7 heteroatoms. The summed E-state index contributed by atoms with van der Waals surface area (Å²) in [6.07, 6.45) is -0.858. The normalized spacial score (nSPS) is 11.9. The molecule has 1 unspecified atom stereocenters. The lowest BCUT2D eigenvalue weighted by atomic mass is 9.98. The number of benzene rings is 2. The van der Waals surface area contributed by atoms with E-state index in [2.05, 4.69) is 15.5 Å². The largest absolute Gasteiger partial charge is 0.465 e. The van der Waals surface area contributed by atoms with E-state index in [9.17, 15) is 4.79 Å². The van der Waals surface area contributed by atoms with Gasteiger partial charge in [0.1, 0.15) is 0 Å². The molecule has 1 heterocycles. The van der Waals surface area contributed by atoms with Crippen molar-refractivity contribution in [2.45, 2.75) is 19.4 Å². The van der Waals surface area contributed by atoms with E-state index in [1.54, 1.807) is 6.92 Å². The Morgan fingerprint density at radius 3 is 2.72 bits per heavy atom. The molecule has 1 amide bonds. The van der Waals surface area contributed by atoms with Crippen LogP contribution in [-0.4, -0.2) is 21.4 Å². The molecule has 3 aromatic rings. The minimum absolute atomic E-state index is 0.263. The van der Waals surface area contributed by atoms with Crippen molar-refractivity contribution in [1.82, 2.24) is 15.5 Å². The summed E-state index contributed by atoms with van der Waals surface area (Å²) in [5.74, 6) is 0.813. The highest BCUT2D eigenvalue weighted by Crippen LogP contribution is 2.30. The van der Waals surface area contributed by atoms with Crippen molar-refractivity contribution >= 4 is 17.7 Å². The van der Waals surface area contributed by atoms with E-state index in [1.165, 1.54) is 0 Å². The van der Waals surface area contributed by atoms with Gasteiger partial charge in [-0.05, 0) is 23.3 Å². The van der Waals surface area contributed by atoms with Crippen molar-refractivity contribution in [2.75, 3.05) is 0 Å². The smallest absolute Gasteiger partial charge is 0.405 e. The highest BCUT2D eigenvalue weighted by atomic mass is 35.5. The molecule has 0 bridgehead atoms. The standard InChI is InChI=1S/C18H16ClN3O3/c1-11-21-22-17(25-11)10-16(20-18(23)24)13-6-4-5-12(9-13)14-7-2-3-8-15(14)19/h2-9,16,20H,10H2,1H3,(H,23,24). The molecule has 25 heavy (non-hydrogen) atoms. The Labute approximate surface area is 149 Å². The predicted molar refractivity (Wildman–Crippen MR) is 93.5 cm³/mol. The number of aromatic nitrogens is 2. The van der Waals surface area contributed by atoms with Gasteiger partial charge in [-0.1, -0.05) is 48.0 Å². The molecule has 0 saturated carbocycles. The van der Waals surface area contributed by atoms with Crippen molar-refractivity contribution in [3.8, 4) is 11.1 Å². The molecule has 3 rings (SSSR count). The second kappa shape index (κ2) is 7.36. The van der Waals surface area contributed by atoms with Crippen LogP contribution >= 0.6 is 11.6 Å². The minimum Gasteiger partial charge on any atom is -0.465 e. The van der Waals surface area contributed by atoms with Crippen LogP contribution < -0.4 is 5.32 Å². The van der Waals surface area contributed by atoms with Crippen LogP contribution in [0.5, 0.6) is 0 Å². The Bertz CT molecular complexity index is 895. The summed E-state index contributed by atoms with van der Waals surface area (Å²) in [6, 6.07) is 14.5.